The summed E-state index contributed by atoms with van der Waals surface area (Å²) >= 11 is 0. The van der Waals surface area contributed by atoms with Gasteiger partial charge in [-0.05, 0) is 64.3 Å². The third-order valence-corrected chi connectivity index (χ3v) is 6.27. The average Bonchev–Trinajstić information content (AvgIpc) is 2.90. The molecule has 2 aliphatic rings. The predicted molar refractivity (Wildman–Crippen MR) is 97.0 cm³/mol. The molecule has 1 spiro atoms. The van der Waals surface area contributed by atoms with Gasteiger partial charge in [0.25, 0.3) is 0 Å². The fraction of sp³-hybridized carbons (Fsp3) is 0.650. The Labute approximate surface area is 150 Å². The summed E-state index contributed by atoms with van der Waals surface area (Å²) in [6, 6.07) is 6.14. The van der Waals surface area contributed by atoms with Crippen LogP contribution in [0.15, 0.2) is 24.4 Å². The topological polar surface area (TPSA) is 53.5 Å². The summed E-state index contributed by atoms with van der Waals surface area (Å²) in [5.74, 6) is 0.371. The first-order valence-corrected chi connectivity index (χ1v) is 9.23. The maximum absolute atomic E-state index is 12.4. The standard InChI is InChI=1S/C20H29N3O2/c1-16(24)7-13-23-15-19(14-18(23)25)8-10-20(11-9-19,22(2)3)17-6-4-5-12-21-17/h4-6,12H,7-11,13-15H2,1-3H3/t19-,20+. The first-order valence-electron chi connectivity index (χ1n) is 9.23. The van der Waals surface area contributed by atoms with Crippen molar-refractivity contribution in [1.29, 1.82) is 0 Å². The van der Waals surface area contributed by atoms with Crippen LogP contribution in [0, 0.1) is 5.41 Å². The molecular formula is C20H29N3O2. The molecule has 1 saturated heterocycles. The summed E-state index contributed by atoms with van der Waals surface area (Å²) in [7, 11) is 4.26. The van der Waals surface area contributed by atoms with Gasteiger partial charge >= 0.3 is 0 Å². The SMILES string of the molecule is CC(=O)CCN1C[C@]2(CC[C@@](c3ccccn3)(N(C)C)CC2)CC1=O. The molecule has 2 heterocycles. The lowest BCUT2D eigenvalue weighted by molar-refractivity contribution is -0.128. The lowest BCUT2D eigenvalue weighted by Crippen LogP contribution is -2.48. The molecule has 0 unspecified atom stereocenters. The monoisotopic (exact) mass is 343 g/mol. The van der Waals surface area contributed by atoms with E-state index in [0.29, 0.717) is 19.4 Å². The molecule has 0 N–H and O–H groups in total. The quantitative estimate of drug-likeness (QED) is 0.825. The van der Waals surface area contributed by atoms with Crippen molar-refractivity contribution in [3.8, 4) is 0 Å². The van der Waals surface area contributed by atoms with Crippen molar-refractivity contribution in [2.45, 2.75) is 51.0 Å². The summed E-state index contributed by atoms with van der Waals surface area (Å²) in [6.07, 6.45) is 7.07. The molecule has 5 nitrogen and oxygen atoms in total. The van der Waals surface area contributed by atoms with E-state index < -0.39 is 0 Å². The third-order valence-electron chi connectivity index (χ3n) is 6.27. The minimum Gasteiger partial charge on any atom is -0.342 e. The van der Waals surface area contributed by atoms with Gasteiger partial charge in [0.15, 0.2) is 0 Å². The number of aromatic nitrogens is 1. The number of nitrogens with zero attached hydrogens (tertiary/aromatic N) is 3. The van der Waals surface area contributed by atoms with Crippen LogP contribution >= 0.6 is 0 Å². The lowest BCUT2D eigenvalue weighted by atomic mass is 9.65. The lowest BCUT2D eigenvalue weighted by Gasteiger charge is -2.48. The van der Waals surface area contributed by atoms with Gasteiger partial charge in [-0.2, -0.15) is 0 Å². The molecule has 0 radical (unpaired) electrons. The molecule has 1 aliphatic carbocycles. The fourth-order valence-corrected chi connectivity index (χ4v) is 4.58. The highest BCUT2D eigenvalue weighted by Crippen LogP contribution is 2.51. The molecule has 1 amide bonds. The predicted octanol–water partition coefficient (Wildman–Crippen LogP) is 2.61. The Kier molecular flexibility index (Phi) is 4.96. The van der Waals surface area contributed by atoms with Crippen molar-refractivity contribution in [2.75, 3.05) is 27.2 Å². The van der Waals surface area contributed by atoms with Crippen LogP contribution in [0.3, 0.4) is 0 Å². The van der Waals surface area contributed by atoms with E-state index in [-0.39, 0.29) is 22.6 Å². The molecule has 2 fully saturated rings. The Morgan fingerprint density at radius 2 is 1.96 bits per heavy atom. The number of hydrogen-bond acceptors (Lipinski definition) is 4. The van der Waals surface area contributed by atoms with Crippen LogP contribution in [-0.4, -0.2) is 53.7 Å². The zero-order chi connectivity index (χ0) is 18.1. The number of carbonyl (C=O) groups is 2. The molecule has 0 aromatic carbocycles. The van der Waals surface area contributed by atoms with Crippen molar-refractivity contribution in [1.82, 2.24) is 14.8 Å². The largest absolute Gasteiger partial charge is 0.342 e. The molecule has 0 atom stereocenters. The van der Waals surface area contributed by atoms with E-state index in [1.54, 1.807) is 6.92 Å². The van der Waals surface area contributed by atoms with E-state index in [4.69, 9.17) is 0 Å². The maximum Gasteiger partial charge on any atom is 0.223 e. The van der Waals surface area contributed by atoms with Gasteiger partial charge in [0.05, 0.1) is 11.2 Å². The summed E-state index contributed by atoms with van der Waals surface area (Å²) in [6.45, 7) is 2.98. The molecule has 3 rings (SSSR count). The van der Waals surface area contributed by atoms with Crippen molar-refractivity contribution in [2.24, 2.45) is 5.41 Å². The first kappa shape index (κ1) is 18.1. The number of carbonyl (C=O) groups excluding carboxylic acids is 2. The van der Waals surface area contributed by atoms with Crippen molar-refractivity contribution >= 4 is 11.7 Å². The second-order valence-corrected chi connectivity index (χ2v) is 8.09. The van der Waals surface area contributed by atoms with Gasteiger partial charge in [-0.15, -0.1) is 0 Å². The summed E-state index contributed by atoms with van der Waals surface area (Å²) in [5.41, 5.74) is 1.18. The Morgan fingerprint density at radius 3 is 2.52 bits per heavy atom. The van der Waals surface area contributed by atoms with Crippen molar-refractivity contribution < 1.29 is 9.59 Å². The molecule has 1 aromatic rings. The van der Waals surface area contributed by atoms with Crippen LogP contribution in [0.4, 0.5) is 0 Å². The van der Waals surface area contributed by atoms with E-state index >= 15 is 0 Å². The summed E-state index contributed by atoms with van der Waals surface area (Å²) in [4.78, 5) is 32.5. The van der Waals surface area contributed by atoms with E-state index in [2.05, 4.69) is 36.1 Å². The van der Waals surface area contributed by atoms with E-state index in [1.807, 2.05) is 17.2 Å². The minimum atomic E-state index is -0.0393. The van der Waals surface area contributed by atoms with Crippen LogP contribution in [0.1, 0.15) is 51.1 Å². The number of amides is 1. The number of pyridine rings is 1. The number of Topliss-reactive ketones (excluding diaryl/α,β-unsaturated/α-hetero) is 1. The molecule has 136 valence electrons. The molecule has 1 aliphatic heterocycles. The molecule has 25 heavy (non-hydrogen) atoms. The average molecular weight is 343 g/mol. The number of likely N-dealkylation sites (tertiary alicyclic amines) is 1. The van der Waals surface area contributed by atoms with E-state index in [1.165, 1.54) is 0 Å². The van der Waals surface area contributed by atoms with Gasteiger partial charge in [-0.3, -0.25) is 19.5 Å². The summed E-state index contributed by atoms with van der Waals surface area (Å²) < 4.78 is 0. The highest BCUT2D eigenvalue weighted by atomic mass is 16.2. The third kappa shape index (κ3) is 3.47. The molecular weight excluding hydrogens is 314 g/mol. The number of hydrogen-bond donors (Lipinski definition) is 0. The Morgan fingerprint density at radius 1 is 1.24 bits per heavy atom. The molecule has 1 aromatic heterocycles. The first-order chi connectivity index (χ1) is 11.9. The van der Waals surface area contributed by atoms with Gasteiger partial charge in [0, 0.05) is 32.1 Å². The molecule has 0 bridgehead atoms. The smallest absolute Gasteiger partial charge is 0.223 e. The van der Waals surface area contributed by atoms with Crippen LogP contribution in [0.2, 0.25) is 0 Å². The normalized spacial score (nSPS) is 29.6. The van der Waals surface area contributed by atoms with Gasteiger partial charge in [-0.1, -0.05) is 6.07 Å². The van der Waals surface area contributed by atoms with Crippen LogP contribution in [0.5, 0.6) is 0 Å². The number of rotatable bonds is 5. The highest BCUT2D eigenvalue weighted by molar-refractivity contribution is 5.81. The Bertz CT molecular complexity index is 634. The fourth-order valence-electron chi connectivity index (χ4n) is 4.58. The minimum absolute atomic E-state index is 0.0393. The van der Waals surface area contributed by atoms with Gasteiger partial charge in [0.1, 0.15) is 5.78 Å². The Balaban J connectivity index is 1.72. The second-order valence-electron chi connectivity index (χ2n) is 8.09. The van der Waals surface area contributed by atoms with Gasteiger partial charge in [-0.25, -0.2) is 0 Å². The van der Waals surface area contributed by atoms with Gasteiger partial charge in [0.2, 0.25) is 5.91 Å². The van der Waals surface area contributed by atoms with Crippen LogP contribution in [0.25, 0.3) is 0 Å². The zero-order valence-corrected chi connectivity index (χ0v) is 15.6. The molecule has 1 saturated carbocycles. The van der Waals surface area contributed by atoms with Gasteiger partial charge < -0.3 is 4.90 Å². The second kappa shape index (κ2) is 6.87. The van der Waals surface area contributed by atoms with E-state index in [9.17, 15) is 9.59 Å². The van der Waals surface area contributed by atoms with Crippen molar-refractivity contribution in [3.05, 3.63) is 30.1 Å². The van der Waals surface area contributed by atoms with E-state index in [0.717, 1.165) is 37.9 Å². The zero-order valence-electron chi connectivity index (χ0n) is 15.6. The Hall–Kier alpha value is -1.75. The molecule has 5 heteroatoms. The maximum atomic E-state index is 12.4. The van der Waals surface area contributed by atoms with Crippen molar-refractivity contribution in [3.63, 3.8) is 0 Å². The highest BCUT2D eigenvalue weighted by Gasteiger charge is 2.50. The number of ketones is 1. The van der Waals surface area contributed by atoms with Crippen LogP contribution < -0.4 is 0 Å². The van der Waals surface area contributed by atoms with Crippen LogP contribution in [-0.2, 0) is 15.1 Å². The summed E-state index contributed by atoms with van der Waals surface area (Å²) in [5, 5.41) is 0.